The highest BCUT2D eigenvalue weighted by Crippen LogP contribution is 2.23. The van der Waals surface area contributed by atoms with E-state index in [1.54, 1.807) is 11.0 Å². The van der Waals surface area contributed by atoms with E-state index in [1.807, 2.05) is 13.8 Å². The van der Waals surface area contributed by atoms with Crippen molar-refractivity contribution >= 4 is 25.8 Å². The molecule has 0 aromatic heterocycles. The van der Waals surface area contributed by atoms with Crippen LogP contribution < -0.4 is 0 Å². The number of hydrogen-bond donors (Lipinski definition) is 0. The standard InChI is InChI=1S/C18H28N2O5S2/c1-14-7-5-8-15(2)20(14)18(21)13-26(22,23)12-16-9-6-10-17(11-16)27(24,25)19(3)4/h6,9-11,14-15H,5,7-8,12-13H2,1-4H3/t14-,15-/m0/s1. The Balaban J connectivity index is 2.16. The van der Waals surface area contributed by atoms with E-state index in [2.05, 4.69) is 0 Å². The average molecular weight is 417 g/mol. The van der Waals surface area contributed by atoms with Crippen LogP contribution in [0.2, 0.25) is 0 Å². The number of likely N-dealkylation sites (tertiary alicyclic amines) is 1. The predicted molar refractivity (Wildman–Crippen MR) is 104 cm³/mol. The lowest BCUT2D eigenvalue weighted by Gasteiger charge is -2.39. The van der Waals surface area contributed by atoms with Crippen molar-refractivity contribution < 1.29 is 21.6 Å². The van der Waals surface area contributed by atoms with Gasteiger partial charge in [-0.05, 0) is 50.8 Å². The van der Waals surface area contributed by atoms with Crippen LogP contribution in [-0.4, -0.2) is 63.9 Å². The number of sulfone groups is 1. The molecule has 0 radical (unpaired) electrons. The van der Waals surface area contributed by atoms with Crippen LogP contribution in [0.15, 0.2) is 29.2 Å². The first-order chi connectivity index (χ1) is 12.4. The molecule has 2 rings (SSSR count). The van der Waals surface area contributed by atoms with E-state index >= 15 is 0 Å². The first-order valence-corrected chi connectivity index (χ1v) is 12.2. The third kappa shape index (κ3) is 5.30. The Morgan fingerprint density at radius 1 is 1.11 bits per heavy atom. The van der Waals surface area contributed by atoms with Crippen molar-refractivity contribution in [3.05, 3.63) is 29.8 Å². The molecular weight excluding hydrogens is 388 g/mol. The monoisotopic (exact) mass is 416 g/mol. The van der Waals surface area contributed by atoms with Gasteiger partial charge in [-0.3, -0.25) is 4.79 Å². The zero-order chi connectivity index (χ0) is 20.4. The van der Waals surface area contributed by atoms with Gasteiger partial charge in [0.05, 0.1) is 10.6 Å². The molecule has 1 aliphatic rings. The number of rotatable bonds is 6. The van der Waals surface area contributed by atoms with Crippen molar-refractivity contribution in [3.63, 3.8) is 0 Å². The van der Waals surface area contributed by atoms with Crippen molar-refractivity contribution in [2.24, 2.45) is 0 Å². The molecule has 9 heteroatoms. The minimum Gasteiger partial charge on any atom is -0.336 e. The summed E-state index contributed by atoms with van der Waals surface area (Å²) >= 11 is 0. The molecule has 152 valence electrons. The van der Waals surface area contributed by atoms with Crippen molar-refractivity contribution in [1.82, 2.24) is 9.21 Å². The lowest BCUT2D eigenvalue weighted by Crippen LogP contribution is -2.49. The van der Waals surface area contributed by atoms with Gasteiger partial charge in [0.2, 0.25) is 15.9 Å². The van der Waals surface area contributed by atoms with E-state index < -0.39 is 25.6 Å². The molecule has 1 aromatic carbocycles. The minimum atomic E-state index is -3.71. The molecule has 1 saturated heterocycles. The highest BCUT2D eigenvalue weighted by molar-refractivity contribution is 7.91. The summed E-state index contributed by atoms with van der Waals surface area (Å²) in [6, 6.07) is 5.91. The Bertz CT molecular complexity index is 884. The average Bonchev–Trinajstić information content (AvgIpc) is 2.53. The molecule has 1 heterocycles. The molecular formula is C18H28N2O5S2. The Kier molecular flexibility index (Phi) is 6.70. The number of nitrogens with zero attached hydrogens (tertiary/aromatic N) is 2. The topological polar surface area (TPSA) is 91.8 Å². The summed E-state index contributed by atoms with van der Waals surface area (Å²) in [7, 11) is -4.53. The quantitative estimate of drug-likeness (QED) is 0.703. The van der Waals surface area contributed by atoms with Crippen LogP contribution in [0.1, 0.15) is 38.7 Å². The van der Waals surface area contributed by atoms with E-state index in [-0.39, 0.29) is 28.6 Å². The fraction of sp³-hybridized carbons (Fsp3) is 0.611. The van der Waals surface area contributed by atoms with Crippen LogP contribution in [-0.2, 0) is 30.4 Å². The zero-order valence-corrected chi connectivity index (χ0v) is 17.9. The van der Waals surface area contributed by atoms with Crippen LogP contribution >= 0.6 is 0 Å². The molecule has 1 fully saturated rings. The Labute approximate surface area is 162 Å². The maximum absolute atomic E-state index is 12.6. The summed E-state index contributed by atoms with van der Waals surface area (Å²) in [6.07, 6.45) is 2.78. The SMILES string of the molecule is C[C@H]1CCC[C@H](C)N1C(=O)CS(=O)(=O)Cc1cccc(S(=O)(=O)N(C)C)c1. The molecule has 0 saturated carbocycles. The maximum Gasteiger partial charge on any atom is 0.242 e. The van der Waals surface area contributed by atoms with Gasteiger partial charge < -0.3 is 4.90 Å². The van der Waals surface area contributed by atoms with Crippen LogP contribution in [0.5, 0.6) is 0 Å². The molecule has 1 aromatic rings. The molecule has 0 spiro atoms. The normalized spacial score (nSPS) is 21.4. The second-order valence-electron chi connectivity index (χ2n) is 7.40. The van der Waals surface area contributed by atoms with Crippen molar-refractivity contribution in [3.8, 4) is 0 Å². The first-order valence-electron chi connectivity index (χ1n) is 8.97. The summed E-state index contributed by atoms with van der Waals surface area (Å²) in [4.78, 5) is 14.3. The number of amides is 1. The van der Waals surface area contributed by atoms with Gasteiger partial charge >= 0.3 is 0 Å². The summed E-state index contributed by atoms with van der Waals surface area (Å²) in [6.45, 7) is 3.88. The highest BCUT2D eigenvalue weighted by atomic mass is 32.2. The zero-order valence-electron chi connectivity index (χ0n) is 16.3. The van der Waals surface area contributed by atoms with Crippen molar-refractivity contribution in [2.75, 3.05) is 19.8 Å². The fourth-order valence-electron chi connectivity index (χ4n) is 3.49. The lowest BCUT2D eigenvalue weighted by molar-refractivity contribution is -0.134. The molecule has 0 bridgehead atoms. The summed E-state index contributed by atoms with van der Waals surface area (Å²) in [5.74, 6) is -1.31. The predicted octanol–water partition coefficient (Wildman–Crippen LogP) is 1.64. The van der Waals surface area contributed by atoms with Gasteiger partial charge in [-0.1, -0.05) is 12.1 Å². The summed E-state index contributed by atoms with van der Waals surface area (Å²) < 4.78 is 50.6. The van der Waals surface area contributed by atoms with Gasteiger partial charge in [0.1, 0.15) is 5.75 Å². The van der Waals surface area contributed by atoms with Gasteiger partial charge in [0, 0.05) is 26.2 Å². The number of piperidine rings is 1. The third-order valence-corrected chi connectivity index (χ3v) is 8.16. The number of carbonyl (C=O) groups excluding carboxylic acids is 1. The molecule has 27 heavy (non-hydrogen) atoms. The van der Waals surface area contributed by atoms with Crippen molar-refractivity contribution in [1.29, 1.82) is 0 Å². The summed E-state index contributed by atoms with van der Waals surface area (Å²) in [5.41, 5.74) is 0.352. The first kappa shape index (κ1) is 21.8. The van der Waals surface area contributed by atoms with Crippen LogP contribution in [0.3, 0.4) is 0 Å². The van der Waals surface area contributed by atoms with E-state index in [0.717, 1.165) is 23.6 Å². The minimum absolute atomic E-state index is 0.0322. The van der Waals surface area contributed by atoms with Gasteiger partial charge in [0.25, 0.3) is 0 Å². The number of carbonyl (C=O) groups is 1. The Morgan fingerprint density at radius 2 is 1.70 bits per heavy atom. The Morgan fingerprint density at radius 3 is 2.26 bits per heavy atom. The van der Waals surface area contributed by atoms with Crippen LogP contribution in [0.25, 0.3) is 0 Å². The second kappa shape index (κ2) is 8.28. The van der Waals surface area contributed by atoms with Gasteiger partial charge in [-0.15, -0.1) is 0 Å². The van der Waals surface area contributed by atoms with E-state index in [4.69, 9.17) is 0 Å². The highest BCUT2D eigenvalue weighted by Gasteiger charge is 2.31. The van der Waals surface area contributed by atoms with E-state index in [1.165, 1.54) is 32.3 Å². The molecule has 1 aliphatic heterocycles. The van der Waals surface area contributed by atoms with Crippen LogP contribution in [0, 0.1) is 0 Å². The maximum atomic E-state index is 12.6. The molecule has 0 aliphatic carbocycles. The Hall–Kier alpha value is -1.45. The molecule has 0 N–H and O–H groups in total. The van der Waals surface area contributed by atoms with Gasteiger partial charge in [-0.2, -0.15) is 0 Å². The lowest BCUT2D eigenvalue weighted by atomic mass is 9.98. The molecule has 2 atom stereocenters. The smallest absolute Gasteiger partial charge is 0.242 e. The van der Waals surface area contributed by atoms with E-state index in [9.17, 15) is 21.6 Å². The molecule has 0 unspecified atom stereocenters. The molecule has 1 amide bonds. The fourth-order valence-corrected chi connectivity index (χ4v) is 5.77. The second-order valence-corrected chi connectivity index (χ2v) is 11.6. The largest absolute Gasteiger partial charge is 0.336 e. The summed E-state index contributed by atoms with van der Waals surface area (Å²) in [5, 5.41) is 0. The van der Waals surface area contributed by atoms with Gasteiger partial charge in [0.15, 0.2) is 9.84 Å². The van der Waals surface area contributed by atoms with E-state index in [0.29, 0.717) is 5.56 Å². The number of benzene rings is 1. The van der Waals surface area contributed by atoms with Crippen LogP contribution in [0.4, 0.5) is 0 Å². The number of sulfonamides is 1. The van der Waals surface area contributed by atoms with Gasteiger partial charge in [-0.25, -0.2) is 21.1 Å². The van der Waals surface area contributed by atoms with Crippen molar-refractivity contribution in [2.45, 2.75) is 55.8 Å². The third-order valence-electron chi connectivity index (χ3n) is 4.89. The number of hydrogen-bond acceptors (Lipinski definition) is 5. The molecule has 7 nitrogen and oxygen atoms in total.